The summed E-state index contributed by atoms with van der Waals surface area (Å²) in [6.07, 6.45) is 0. The monoisotopic (exact) mass is 145 g/mol. The molecule has 0 bridgehead atoms. The lowest BCUT2D eigenvalue weighted by Crippen LogP contribution is -2.26. The Balaban J connectivity index is 3.31. The molecule has 0 aliphatic rings. The molecule has 58 valence electrons. The summed E-state index contributed by atoms with van der Waals surface area (Å²) in [6, 6.07) is 0. The van der Waals surface area contributed by atoms with E-state index in [9.17, 15) is 9.90 Å². The van der Waals surface area contributed by atoms with Crippen molar-refractivity contribution in [3.63, 3.8) is 0 Å². The first-order valence-corrected chi connectivity index (χ1v) is 2.64. The minimum atomic E-state index is -1.30. The summed E-state index contributed by atoms with van der Waals surface area (Å²) in [4.78, 5) is 9.96. The van der Waals surface area contributed by atoms with Gasteiger partial charge in [-0.3, -0.25) is 0 Å². The first-order valence-electron chi connectivity index (χ1n) is 2.64. The van der Waals surface area contributed by atoms with Crippen molar-refractivity contribution in [1.82, 2.24) is 0 Å². The van der Waals surface area contributed by atoms with Crippen molar-refractivity contribution in [1.29, 1.82) is 0 Å². The molecule has 0 atom stereocenters. The Bertz CT molecular complexity index is 130. The van der Waals surface area contributed by atoms with Crippen molar-refractivity contribution >= 4 is 5.97 Å². The Hall–Kier alpha value is -0.870. The van der Waals surface area contributed by atoms with Crippen molar-refractivity contribution in [2.75, 3.05) is 20.5 Å². The molecule has 0 fully saturated rings. The zero-order chi connectivity index (χ0) is 7.98. The van der Waals surface area contributed by atoms with Crippen molar-refractivity contribution < 1.29 is 19.4 Å². The fraction of sp³-hybridized carbons (Fsp3) is 0.500. The Kier molecular flexibility index (Phi) is 4.53. The lowest BCUT2D eigenvalue weighted by molar-refractivity contribution is -0.299. The van der Waals surface area contributed by atoms with Crippen LogP contribution in [0.4, 0.5) is 0 Å². The third-order valence-corrected chi connectivity index (χ3v) is 0.766. The van der Waals surface area contributed by atoms with E-state index in [1.165, 1.54) is 7.11 Å². The zero-order valence-electron chi connectivity index (χ0n) is 5.75. The lowest BCUT2D eigenvalue weighted by Gasteiger charge is -2.05. The molecule has 0 aromatic heterocycles. The molecule has 0 aliphatic carbocycles. The van der Waals surface area contributed by atoms with Crippen molar-refractivity contribution in [3.05, 3.63) is 12.2 Å². The third-order valence-electron chi connectivity index (χ3n) is 0.766. The second-order valence-electron chi connectivity index (χ2n) is 1.65. The fourth-order valence-corrected chi connectivity index (χ4v) is 0.307. The molecule has 0 unspecified atom stereocenters. The van der Waals surface area contributed by atoms with E-state index in [-0.39, 0.29) is 19.0 Å². The Morgan fingerprint density at radius 2 is 2.30 bits per heavy atom. The molecule has 0 aromatic rings. The maximum Gasteiger partial charge on any atom is 0.146 e. The number of rotatable bonds is 5. The molecule has 4 nitrogen and oxygen atoms in total. The van der Waals surface area contributed by atoms with Gasteiger partial charge in [0.25, 0.3) is 0 Å². The summed E-state index contributed by atoms with van der Waals surface area (Å²) in [5.74, 6) is -1.30. The maximum absolute atomic E-state index is 9.96. The van der Waals surface area contributed by atoms with E-state index in [1.807, 2.05) is 0 Å². The predicted octanol–water partition coefficient (Wildman–Crippen LogP) is -1.09. The van der Waals surface area contributed by atoms with Crippen molar-refractivity contribution in [2.24, 2.45) is 0 Å². The SMILES string of the molecule is C=C(COCOC)C(=O)[O-]. The lowest BCUT2D eigenvalue weighted by atomic mass is 10.3. The summed E-state index contributed by atoms with van der Waals surface area (Å²) in [5.41, 5.74) is -0.0861. The van der Waals surface area contributed by atoms with Gasteiger partial charge in [-0.1, -0.05) is 6.58 Å². The van der Waals surface area contributed by atoms with E-state index >= 15 is 0 Å². The highest BCUT2D eigenvalue weighted by molar-refractivity contribution is 5.84. The Morgan fingerprint density at radius 1 is 1.70 bits per heavy atom. The van der Waals surface area contributed by atoms with Gasteiger partial charge >= 0.3 is 0 Å². The number of hydrogen-bond donors (Lipinski definition) is 0. The quantitative estimate of drug-likeness (QED) is 0.280. The first-order chi connectivity index (χ1) is 4.68. The van der Waals surface area contributed by atoms with Crippen LogP contribution in [0.2, 0.25) is 0 Å². The number of carbonyl (C=O) groups excluding carboxylic acids is 1. The van der Waals surface area contributed by atoms with Crippen LogP contribution in [0.1, 0.15) is 0 Å². The van der Waals surface area contributed by atoms with Crippen LogP contribution in [0.25, 0.3) is 0 Å². The number of carboxylic acids is 1. The Morgan fingerprint density at radius 3 is 2.70 bits per heavy atom. The molecular weight excluding hydrogens is 136 g/mol. The van der Waals surface area contributed by atoms with Gasteiger partial charge in [0.05, 0.1) is 12.6 Å². The zero-order valence-corrected chi connectivity index (χ0v) is 5.75. The van der Waals surface area contributed by atoms with Gasteiger partial charge in [0.2, 0.25) is 0 Å². The van der Waals surface area contributed by atoms with Gasteiger partial charge < -0.3 is 19.4 Å². The van der Waals surface area contributed by atoms with Crippen molar-refractivity contribution in [2.45, 2.75) is 0 Å². The smallest absolute Gasteiger partial charge is 0.146 e. The van der Waals surface area contributed by atoms with Crippen LogP contribution in [0.3, 0.4) is 0 Å². The molecule has 0 rings (SSSR count). The van der Waals surface area contributed by atoms with Crippen LogP contribution in [0, 0.1) is 0 Å². The summed E-state index contributed by atoms with van der Waals surface area (Å²) < 4.78 is 9.16. The van der Waals surface area contributed by atoms with Crippen LogP contribution in [-0.2, 0) is 14.3 Å². The standard InChI is InChI=1S/C6H10O4/c1-5(6(7)8)3-10-4-9-2/h1,3-4H2,2H3,(H,7,8)/p-1. The topological polar surface area (TPSA) is 58.6 Å². The van der Waals surface area contributed by atoms with E-state index < -0.39 is 5.97 Å². The second-order valence-corrected chi connectivity index (χ2v) is 1.65. The molecular formula is C6H9O4-. The average Bonchev–Trinajstić information content (AvgIpc) is 1.88. The third kappa shape index (κ3) is 4.05. The molecule has 0 saturated heterocycles. The summed E-state index contributed by atoms with van der Waals surface area (Å²) in [7, 11) is 1.45. The molecule has 0 aromatic carbocycles. The van der Waals surface area contributed by atoms with Crippen LogP contribution in [0.15, 0.2) is 12.2 Å². The molecule has 10 heavy (non-hydrogen) atoms. The van der Waals surface area contributed by atoms with E-state index in [0.717, 1.165) is 0 Å². The minimum absolute atomic E-state index is 0.0594. The van der Waals surface area contributed by atoms with Gasteiger partial charge in [0, 0.05) is 7.11 Å². The largest absolute Gasteiger partial charge is 0.545 e. The fourth-order valence-electron chi connectivity index (χ4n) is 0.307. The number of ether oxygens (including phenoxy) is 2. The van der Waals surface area contributed by atoms with Gasteiger partial charge in [-0.15, -0.1) is 0 Å². The average molecular weight is 145 g/mol. The molecule has 0 radical (unpaired) electrons. The highest BCUT2D eigenvalue weighted by Crippen LogP contribution is 1.88. The summed E-state index contributed by atoms with van der Waals surface area (Å²) in [5, 5.41) is 9.96. The highest BCUT2D eigenvalue weighted by atomic mass is 16.7. The number of carboxylic acid groups (broad SMARTS) is 1. The number of methoxy groups -OCH3 is 1. The van der Waals surface area contributed by atoms with Crippen LogP contribution < -0.4 is 5.11 Å². The number of carbonyl (C=O) groups is 1. The van der Waals surface area contributed by atoms with Crippen LogP contribution in [-0.4, -0.2) is 26.5 Å². The van der Waals surface area contributed by atoms with Crippen LogP contribution in [0.5, 0.6) is 0 Å². The summed E-state index contributed by atoms with van der Waals surface area (Å²) in [6.45, 7) is 3.19. The molecule has 0 spiro atoms. The van der Waals surface area contributed by atoms with Gasteiger partial charge in [0.1, 0.15) is 6.79 Å². The van der Waals surface area contributed by atoms with E-state index in [1.54, 1.807) is 0 Å². The van der Waals surface area contributed by atoms with Crippen LogP contribution >= 0.6 is 0 Å². The Labute approximate surface area is 59.1 Å². The molecule has 0 saturated carbocycles. The normalized spacial score (nSPS) is 9.30. The maximum atomic E-state index is 9.96. The molecule has 0 N–H and O–H groups in total. The molecule has 0 aliphatic heterocycles. The number of hydrogen-bond acceptors (Lipinski definition) is 4. The van der Waals surface area contributed by atoms with E-state index in [0.29, 0.717) is 0 Å². The molecule has 0 heterocycles. The van der Waals surface area contributed by atoms with Crippen molar-refractivity contribution in [3.8, 4) is 0 Å². The number of aliphatic carboxylic acids is 1. The van der Waals surface area contributed by atoms with E-state index in [2.05, 4.69) is 16.1 Å². The highest BCUT2D eigenvalue weighted by Gasteiger charge is 1.92. The predicted molar refractivity (Wildman–Crippen MR) is 32.0 cm³/mol. The van der Waals surface area contributed by atoms with Gasteiger partial charge in [-0.25, -0.2) is 0 Å². The summed E-state index contributed by atoms with van der Waals surface area (Å²) >= 11 is 0. The minimum Gasteiger partial charge on any atom is -0.545 e. The second kappa shape index (κ2) is 4.96. The van der Waals surface area contributed by atoms with Gasteiger partial charge in [0.15, 0.2) is 0 Å². The first kappa shape index (κ1) is 9.13. The molecule has 0 amide bonds. The van der Waals surface area contributed by atoms with Gasteiger partial charge in [-0.05, 0) is 5.57 Å². The van der Waals surface area contributed by atoms with E-state index in [4.69, 9.17) is 0 Å². The van der Waals surface area contributed by atoms with Gasteiger partial charge in [-0.2, -0.15) is 0 Å². The molecule has 4 heteroatoms.